The average Bonchev–Trinajstić information content (AvgIpc) is 3.06. The molecule has 2 atom stereocenters. The Bertz CT molecular complexity index is 526. The molecule has 5 heteroatoms. The fourth-order valence-corrected chi connectivity index (χ4v) is 3.98. The molecular formula is C18H26ClN3O. The molecule has 1 heterocycles. The molecule has 0 radical (unpaired) electrons. The van der Waals surface area contributed by atoms with Crippen molar-refractivity contribution in [3.05, 3.63) is 34.9 Å². The molecule has 0 spiro atoms. The second-order valence-corrected chi connectivity index (χ2v) is 7.20. The van der Waals surface area contributed by atoms with Gasteiger partial charge in [-0.25, -0.2) is 0 Å². The van der Waals surface area contributed by atoms with Gasteiger partial charge in [0.05, 0.1) is 0 Å². The molecule has 23 heavy (non-hydrogen) atoms. The van der Waals surface area contributed by atoms with E-state index < -0.39 is 0 Å². The Morgan fingerprint density at radius 3 is 2.48 bits per heavy atom. The number of nitrogens with two attached hydrogens (primary N) is 1. The van der Waals surface area contributed by atoms with E-state index in [0.29, 0.717) is 18.4 Å². The second kappa shape index (κ2) is 7.65. The summed E-state index contributed by atoms with van der Waals surface area (Å²) in [7, 11) is 0. The number of amides is 1. The monoisotopic (exact) mass is 335 g/mol. The first kappa shape index (κ1) is 16.7. The lowest BCUT2D eigenvalue weighted by atomic mass is 9.94. The zero-order valence-corrected chi connectivity index (χ0v) is 14.3. The highest BCUT2D eigenvalue weighted by atomic mass is 35.5. The van der Waals surface area contributed by atoms with Gasteiger partial charge in [0.2, 0.25) is 5.91 Å². The third-order valence-corrected chi connectivity index (χ3v) is 5.53. The Hall–Kier alpha value is -1.10. The molecule has 2 aliphatic rings. The van der Waals surface area contributed by atoms with Crippen molar-refractivity contribution in [1.82, 2.24) is 9.80 Å². The molecule has 1 amide bonds. The van der Waals surface area contributed by atoms with E-state index in [4.69, 9.17) is 17.3 Å². The lowest BCUT2D eigenvalue weighted by Crippen LogP contribution is -2.50. The van der Waals surface area contributed by atoms with Gasteiger partial charge in [-0.3, -0.25) is 9.69 Å². The summed E-state index contributed by atoms with van der Waals surface area (Å²) < 4.78 is 0. The third kappa shape index (κ3) is 4.06. The lowest BCUT2D eigenvalue weighted by Gasteiger charge is -2.36. The lowest BCUT2D eigenvalue weighted by molar-refractivity contribution is -0.138. The van der Waals surface area contributed by atoms with Gasteiger partial charge in [0, 0.05) is 43.7 Å². The van der Waals surface area contributed by atoms with Crippen LogP contribution < -0.4 is 5.73 Å². The van der Waals surface area contributed by atoms with Crippen molar-refractivity contribution in [3.8, 4) is 0 Å². The normalized spacial score (nSPS) is 25.7. The fraction of sp³-hybridized carbons (Fsp3) is 0.611. The van der Waals surface area contributed by atoms with E-state index in [1.165, 1.54) is 5.56 Å². The van der Waals surface area contributed by atoms with Gasteiger partial charge in [-0.2, -0.15) is 0 Å². The first-order valence-electron chi connectivity index (χ1n) is 8.63. The summed E-state index contributed by atoms with van der Waals surface area (Å²) in [4.78, 5) is 17.2. The molecule has 1 aliphatic carbocycles. The summed E-state index contributed by atoms with van der Waals surface area (Å²) in [5.41, 5.74) is 7.09. The Kier molecular flexibility index (Phi) is 5.57. The Balaban J connectivity index is 1.50. The van der Waals surface area contributed by atoms with Crippen LogP contribution in [-0.2, 0) is 11.3 Å². The van der Waals surface area contributed by atoms with Crippen LogP contribution in [0.2, 0.25) is 5.02 Å². The topological polar surface area (TPSA) is 49.6 Å². The van der Waals surface area contributed by atoms with E-state index in [-0.39, 0.29) is 5.92 Å². The van der Waals surface area contributed by atoms with Crippen molar-refractivity contribution in [2.45, 2.75) is 25.8 Å². The molecule has 0 bridgehead atoms. The molecule has 1 aliphatic heterocycles. The van der Waals surface area contributed by atoms with E-state index in [1.807, 2.05) is 12.1 Å². The first-order valence-corrected chi connectivity index (χ1v) is 9.01. The van der Waals surface area contributed by atoms with Gasteiger partial charge in [0.1, 0.15) is 0 Å². The smallest absolute Gasteiger partial charge is 0.226 e. The number of carbonyl (C=O) groups is 1. The number of nitrogens with zero attached hydrogens (tertiary/aromatic N) is 2. The summed E-state index contributed by atoms with van der Waals surface area (Å²) in [6.45, 7) is 5.12. The third-order valence-electron chi connectivity index (χ3n) is 5.28. The SMILES string of the molecule is NC[C@H]1CCC[C@H]1C(=O)N1CCN(Cc2ccc(Cl)cc2)CC1. The Morgan fingerprint density at radius 1 is 1.13 bits per heavy atom. The second-order valence-electron chi connectivity index (χ2n) is 6.76. The minimum atomic E-state index is 0.169. The number of piperazine rings is 1. The maximum Gasteiger partial charge on any atom is 0.226 e. The molecule has 0 aromatic heterocycles. The molecule has 126 valence electrons. The Morgan fingerprint density at radius 2 is 1.83 bits per heavy atom. The van der Waals surface area contributed by atoms with Crippen molar-refractivity contribution in [2.75, 3.05) is 32.7 Å². The van der Waals surface area contributed by atoms with Gasteiger partial charge in [0.15, 0.2) is 0 Å². The van der Waals surface area contributed by atoms with Crippen LogP contribution in [0.4, 0.5) is 0 Å². The van der Waals surface area contributed by atoms with Crippen LogP contribution in [0.15, 0.2) is 24.3 Å². The standard InChI is InChI=1S/C18H26ClN3O/c19-16-6-4-14(5-7-16)13-21-8-10-22(11-9-21)18(23)17-3-1-2-15(17)12-20/h4-7,15,17H,1-3,8-13,20H2/t15-,17-/m1/s1. The predicted octanol–water partition coefficient (Wildman–Crippen LogP) is 2.36. The highest BCUT2D eigenvalue weighted by Crippen LogP contribution is 2.32. The quantitative estimate of drug-likeness (QED) is 0.919. The van der Waals surface area contributed by atoms with Gasteiger partial charge in [0.25, 0.3) is 0 Å². The van der Waals surface area contributed by atoms with Crippen molar-refractivity contribution in [1.29, 1.82) is 0 Å². The van der Waals surface area contributed by atoms with Gasteiger partial charge in [-0.1, -0.05) is 30.2 Å². The van der Waals surface area contributed by atoms with Gasteiger partial charge >= 0.3 is 0 Å². The summed E-state index contributed by atoms with van der Waals surface area (Å²) in [5, 5.41) is 0.773. The number of carbonyl (C=O) groups excluding carboxylic acids is 1. The molecule has 3 rings (SSSR count). The van der Waals surface area contributed by atoms with E-state index >= 15 is 0 Å². The van der Waals surface area contributed by atoms with Crippen LogP contribution >= 0.6 is 11.6 Å². The first-order chi connectivity index (χ1) is 11.2. The molecule has 1 aromatic carbocycles. The summed E-state index contributed by atoms with van der Waals surface area (Å²) in [6, 6.07) is 8.02. The molecule has 2 fully saturated rings. The number of rotatable bonds is 4. The molecule has 2 N–H and O–H groups in total. The van der Waals surface area contributed by atoms with Crippen LogP contribution in [0.1, 0.15) is 24.8 Å². The predicted molar refractivity (Wildman–Crippen MR) is 93.2 cm³/mol. The molecule has 1 aromatic rings. The van der Waals surface area contributed by atoms with Crippen molar-refractivity contribution in [2.24, 2.45) is 17.6 Å². The number of halogens is 1. The van der Waals surface area contributed by atoms with Crippen LogP contribution in [0.3, 0.4) is 0 Å². The number of hydrogen-bond acceptors (Lipinski definition) is 3. The van der Waals surface area contributed by atoms with Crippen LogP contribution in [0.25, 0.3) is 0 Å². The molecule has 0 unspecified atom stereocenters. The molecule has 4 nitrogen and oxygen atoms in total. The van der Waals surface area contributed by atoms with Gasteiger partial charge in [-0.15, -0.1) is 0 Å². The maximum atomic E-state index is 12.7. The van der Waals surface area contributed by atoms with Crippen molar-refractivity contribution >= 4 is 17.5 Å². The minimum Gasteiger partial charge on any atom is -0.340 e. The zero-order chi connectivity index (χ0) is 16.2. The van der Waals surface area contributed by atoms with Gasteiger partial charge in [-0.05, 0) is 43.0 Å². The van der Waals surface area contributed by atoms with Crippen molar-refractivity contribution in [3.63, 3.8) is 0 Å². The summed E-state index contributed by atoms with van der Waals surface area (Å²) in [6.07, 6.45) is 3.28. The molecule has 1 saturated carbocycles. The maximum absolute atomic E-state index is 12.7. The average molecular weight is 336 g/mol. The van der Waals surface area contributed by atoms with Crippen LogP contribution in [0.5, 0.6) is 0 Å². The molecular weight excluding hydrogens is 310 g/mol. The van der Waals surface area contributed by atoms with Gasteiger partial charge < -0.3 is 10.6 Å². The minimum absolute atomic E-state index is 0.169. The number of hydrogen-bond donors (Lipinski definition) is 1. The highest BCUT2D eigenvalue weighted by Gasteiger charge is 2.35. The van der Waals surface area contributed by atoms with E-state index in [1.54, 1.807) is 0 Å². The van der Waals surface area contributed by atoms with E-state index in [2.05, 4.69) is 21.9 Å². The van der Waals surface area contributed by atoms with E-state index in [9.17, 15) is 4.79 Å². The van der Waals surface area contributed by atoms with E-state index in [0.717, 1.165) is 57.0 Å². The fourth-order valence-electron chi connectivity index (χ4n) is 3.85. The molecule has 1 saturated heterocycles. The summed E-state index contributed by atoms with van der Waals surface area (Å²) in [5.74, 6) is 0.904. The van der Waals surface area contributed by atoms with Crippen molar-refractivity contribution < 1.29 is 4.79 Å². The van der Waals surface area contributed by atoms with Crippen LogP contribution in [0, 0.1) is 11.8 Å². The summed E-state index contributed by atoms with van der Waals surface area (Å²) >= 11 is 5.93. The van der Waals surface area contributed by atoms with Crippen LogP contribution in [-0.4, -0.2) is 48.4 Å². The largest absolute Gasteiger partial charge is 0.340 e. The zero-order valence-electron chi connectivity index (χ0n) is 13.6. The number of benzene rings is 1. The highest BCUT2D eigenvalue weighted by molar-refractivity contribution is 6.30. The Labute approximate surface area is 143 Å².